The van der Waals surface area contributed by atoms with E-state index in [4.69, 9.17) is 5.26 Å². The molecular weight excluding hydrogens is 302 g/mol. The number of aryl methyl sites for hydroxylation is 2. The molecule has 0 amide bonds. The molecule has 21 heavy (non-hydrogen) atoms. The van der Waals surface area contributed by atoms with Crippen LogP contribution in [0.5, 0.6) is 0 Å². The molecule has 0 atom stereocenters. The van der Waals surface area contributed by atoms with Crippen LogP contribution >= 0.6 is 23.1 Å². The Balaban J connectivity index is 2.31. The summed E-state index contributed by atoms with van der Waals surface area (Å²) < 4.78 is 1.76. The second-order valence-corrected chi connectivity index (χ2v) is 7.14. The smallest absolute Gasteiger partial charge is 0.263 e. The third kappa shape index (κ3) is 3.30. The Hall–Kier alpha value is -1.32. The summed E-state index contributed by atoms with van der Waals surface area (Å²) >= 11 is 3.21. The van der Waals surface area contributed by atoms with Gasteiger partial charge in [0.2, 0.25) is 0 Å². The van der Waals surface area contributed by atoms with E-state index in [9.17, 15) is 4.79 Å². The molecule has 0 spiro atoms. The van der Waals surface area contributed by atoms with Gasteiger partial charge >= 0.3 is 0 Å². The zero-order valence-corrected chi connectivity index (χ0v) is 14.2. The predicted molar refractivity (Wildman–Crippen MR) is 89.2 cm³/mol. The lowest BCUT2D eigenvalue weighted by molar-refractivity contribution is 0.634. The van der Waals surface area contributed by atoms with Crippen molar-refractivity contribution in [1.29, 1.82) is 5.26 Å². The summed E-state index contributed by atoms with van der Waals surface area (Å²) in [6.07, 6.45) is 2.47. The lowest BCUT2D eigenvalue weighted by Crippen LogP contribution is -2.22. The van der Waals surface area contributed by atoms with Crippen LogP contribution in [0.3, 0.4) is 0 Å². The van der Waals surface area contributed by atoms with Crippen LogP contribution in [0.4, 0.5) is 0 Å². The van der Waals surface area contributed by atoms with Crippen LogP contribution in [0.25, 0.3) is 10.2 Å². The van der Waals surface area contributed by atoms with Crippen molar-refractivity contribution >= 4 is 33.3 Å². The number of unbranched alkanes of at least 4 members (excludes halogenated alkanes) is 2. The molecule has 6 heteroatoms. The highest BCUT2D eigenvalue weighted by Crippen LogP contribution is 2.28. The first-order valence-corrected chi connectivity index (χ1v) is 8.90. The van der Waals surface area contributed by atoms with Crippen LogP contribution in [-0.2, 0) is 6.54 Å². The van der Waals surface area contributed by atoms with Gasteiger partial charge in [-0.15, -0.1) is 11.3 Å². The molecule has 0 saturated heterocycles. The van der Waals surface area contributed by atoms with Gasteiger partial charge in [-0.25, -0.2) is 4.98 Å². The predicted octanol–water partition coefficient (Wildman–Crippen LogP) is 3.88. The van der Waals surface area contributed by atoms with Crippen molar-refractivity contribution in [2.24, 2.45) is 0 Å². The van der Waals surface area contributed by atoms with Gasteiger partial charge in [0.15, 0.2) is 5.16 Å². The summed E-state index contributed by atoms with van der Waals surface area (Å²) in [5, 5.41) is 10.1. The molecule has 0 unspecified atom stereocenters. The van der Waals surface area contributed by atoms with Gasteiger partial charge in [0.05, 0.1) is 11.5 Å². The van der Waals surface area contributed by atoms with Gasteiger partial charge in [0, 0.05) is 23.6 Å². The van der Waals surface area contributed by atoms with E-state index in [0.717, 1.165) is 44.4 Å². The fourth-order valence-electron chi connectivity index (χ4n) is 2.17. The minimum atomic E-state index is 0.0730. The van der Waals surface area contributed by atoms with Crippen molar-refractivity contribution < 1.29 is 0 Å². The van der Waals surface area contributed by atoms with E-state index >= 15 is 0 Å². The minimum absolute atomic E-state index is 0.0730. The maximum atomic E-state index is 12.6. The van der Waals surface area contributed by atoms with Crippen molar-refractivity contribution in [3.63, 3.8) is 0 Å². The lowest BCUT2D eigenvalue weighted by atomic mass is 10.2. The van der Waals surface area contributed by atoms with Crippen LogP contribution in [-0.4, -0.2) is 15.3 Å². The van der Waals surface area contributed by atoms with Crippen LogP contribution in [0.2, 0.25) is 0 Å². The number of nitrogens with zero attached hydrogens (tertiary/aromatic N) is 3. The average Bonchev–Trinajstić information content (AvgIpc) is 2.74. The normalized spacial score (nSPS) is 11.0. The summed E-state index contributed by atoms with van der Waals surface area (Å²) in [6.45, 7) is 6.64. The number of hydrogen-bond donors (Lipinski definition) is 0. The number of hydrogen-bond acceptors (Lipinski definition) is 5. The second kappa shape index (κ2) is 7.10. The fraction of sp³-hybridized carbons (Fsp3) is 0.533. The highest BCUT2D eigenvalue weighted by Gasteiger charge is 2.15. The van der Waals surface area contributed by atoms with Crippen molar-refractivity contribution in [3.8, 4) is 6.07 Å². The van der Waals surface area contributed by atoms with Crippen molar-refractivity contribution in [2.75, 3.05) is 5.75 Å². The molecule has 2 rings (SSSR count). The topological polar surface area (TPSA) is 58.7 Å². The van der Waals surface area contributed by atoms with E-state index in [1.807, 2.05) is 20.8 Å². The van der Waals surface area contributed by atoms with E-state index < -0.39 is 0 Å². The van der Waals surface area contributed by atoms with Gasteiger partial charge in [0.25, 0.3) is 5.56 Å². The zero-order valence-electron chi connectivity index (χ0n) is 12.6. The van der Waals surface area contributed by atoms with Crippen molar-refractivity contribution in [3.05, 3.63) is 20.8 Å². The SMILES string of the molecule is CCn1c(SCCCCC#N)nc2sc(C)c(C)c2c1=O. The molecule has 0 saturated carbocycles. The monoisotopic (exact) mass is 321 g/mol. The van der Waals surface area contributed by atoms with E-state index in [0.29, 0.717) is 13.0 Å². The number of nitriles is 1. The molecule has 112 valence electrons. The third-order valence-electron chi connectivity index (χ3n) is 3.48. The van der Waals surface area contributed by atoms with Gasteiger partial charge in [-0.1, -0.05) is 11.8 Å². The Kier molecular flexibility index (Phi) is 5.43. The van der Waals surface area contributed by atoms with E-state index in [-0.39, 0.29) is 5.56 Å². The molecule has 0 N–H and O–H groups in total. The summed E-state index contributed by atoms with van der Waals surface area (Å²) in [7, 11) is 0. The van der Waals surface area contributed by atoms with Crippen LogP contribution < -0.4 is 5.56 Å². The highest BCUT2D eigenvalue weighted by molar-refractivity contribution is 7.99. The first kappa shape index (κ1) is 16.1. The summed E-state index contributed by atoms with van der Waals surface area (Å²) in [6, 6.07) is 2.15. The number of fused-ring (bicyclic) bond motifs is 1. The summed E-state index contributed by atoms with van der Waals surface area (Å²) in [5.74, 6) is 0.892. The van der Waals surface area contributed by atoms with Gasteiger partial charge in [-0.2, -0.15) is 5.26 Å². The Labute approximate surface area is 132 Å². The highest BCUT2D eigenvalue weighted by atomic mass is 32.2. The van der Waals surface area contributed by atoms with Crippen LogP contribution in [0.15, 0.2) is 9.95 Å². The molecule has 2 heterocycles. The third-order valence-corrected chi connectivity index (χ3v) is 5.65. The van der Waals surface area contributed by atoms with E-state index in [1.165, 1.54) is 0 Å². The molecule has 2 aromatic heterocycles. The Bertz CT molecular complexity index is 740. The van der Waals surface area contributed by atoms with E-state index in [2.05, 4.69) is 11.1 Å². The fourth-order valence-corrected chi connectivity index (χ4v) is 4.30. The summed E-state index contributed by atoms with van der Waals surface area (Å²) in [4.78, 5) is 19.3. The molecule has 0 aliphatic heterocycles. The number of thiophene rings is 1. The standard InChI is InChI=1S/C15H19N3OS2/c1-4-18-14(19)12-10(2)11(3)21-13(12)17-15(18)20-9-7-5-6-8-16/h4-7,9H2,1-3H3. The molecule has 0 radical (unpaired) electrons. The molecule has 0 aliphatic carbocycles. The molecule has 0 aromatic carbocycles. The number of rotatable bonds is 6. The largest absolute Gasteiger partial charge is 0.287 e. The number of thioether (sulfide) groups is 1. The Morgan fingerprint density at radius 3 is 2.81 bits per heavy atom. The molecular formula is C15H19N3OS2. The molecule has 2 aromatic rings. The summed E-state index contributed by atoms with van der Waals surface area (Å²) in [5.41, 5.74) is 1.13. The first-order valence-electron chi connectivity index (χ1n) is 7.10. The Morgan fingerprint density at radius 2 is 2.14 bits per heavy atom. The number of aromatic nitrogens is 2. The molecule has 4 nitrogen and oxygen atoms in total. The van der Waals surface area contributed by atoms with Gasteiger partial charge in [-0.05, 0) is 39.2 Å². The molecule has 0 aliphatic rings. The van der Waals surface area contributed by atoms with Crippen molar-refractivity contribution in [2.45, 2.75) is 51.7 Å². The van der Waals surface area contributed by atoms with Gasteiger partial charge in [-0.3, -0.25) is 9.36 Å². The Morgan fingerprint density at radius 1 is 1.38 bits per heavy atom. The van der Waals surface area contributed by atoms with Crippen molar-refractivity contribution in [1.82, 2.24) is 9.55 Å². The van der Waals surface area contributed by atoms with Gasteiger partial charge in [0.1, 0.15) is 4.83 Å². The first-order chi connectivity index (χ1) is 10.1. The maximum Gasteiger partial charge on any atom is 0.263 e. The zero-order chi connectivity index (χ0) is 15.4. The quantitative estimate of drug-likeness (QED) is 0.460. The lowest BCUT2D eigenvalue weighted by Gasteiger charge is -2.09. The minimum Gasteiger partial charge on any atom is -0.287 e. The van der Waals surface area contributed by atoms with E-state index in [1.54, 1.807) is 27.7 Å². The molecule has 0 fully saturated rings. The maximum absolute atomic E-state index is 12.6. The average molecular weight is 321 g/mol. The molecule has 0 bridgehead atoms. The van der Waals surface area contributed by atoms with Crippen LogP contribution in [0, 0.1) is 25.2 Å². The van der Waals surface area contributed by atoms with Crippen LogP contribution in [0.1, 0.15) is 36.6 Å². The van der Waals surface area contributed by atoms with Gasteiger partial charge < -0.3 is 0 Å². The second-order valence-electron chi connectivity index (χ2n) is 4.87.